The Kier molecular flexibility index (Phi) is 9.00. The molecule has 1 aromatic heterocycles. The smallest absolute Gasteiger partial charge is 0.294 e. The molecule has 0 aliphatic carbocycles. The van der Waals surface area contributed by atoms with E-state index in [0.717, 1.165) is 30.7 Å². The van der Waals surface area contributed by atoms with Crippen molar-refractivity contribution in [3.63, 3.8) is 0 Å². The molecule has 1 aromatic carbocycles. The number of rotatable bonds is 10. The number of aromatic hydroxyl groups is 1. The number of hydrogen-bond acceptors (Lipinski definition) is 7. The van der Waals surface area contributed by atoms with Crippen LogP contribution >= 0.6 is 12.2 Å². The highest BCUT2D eigenvalue weighted by Gasteiger charge is 2.28. The van der Waals surface area contributed by atoms with Crippen molar-refractivity contribution in [2.75, 3.05) is 5.01 Å². The molecule has 10 nitrogen and oxygen atoms in total. The molecule has 37 heavy (non-hydrogen) atoms. The Morgan fingerprint density at radius 3 is 2.19 bits per heavy atom. The Labute approximate surface area is 220 Å². The minimum Gasteiger partial charge on any atom is -0.494 e. The predicted octanol–water partition coefficient (Wildman–Crippen LogP) is 4.29. The Hall–Kier alpha value is -3.35. The summed E-state index contributed by atoms with van der Waals surface area (Å²) in [6.07, 6.45) is 7.78. The van der Waals surface area contributed by atoms with E-state index in [9.17, 15) is 23.1 Å². The summed E-state index contributed by atoms with van der Waals surface area (Å²) in [4.78, 5) is 25.8. The molecule has 0 fully saturated rings. The van der Waals surface area contributed by atoms with E-state index in [0.29, 0.717) is 24.5 Å². The predicted molar refractivity (Wildman–Crippen MR) is 145 cm³/mol. The number of amides is 1. The van der Waals surface area contributed by atoms with Crippen LogP contribution in [0.1, 0.15) is 52.0 Å². The highest BCUT2D eigenvalue weighted by atomic mass is 32.2. The standard InChI is InChI=1S/C25H30N4O6S2/c1-4-6-15-27-22(30)21(23(31)28(25(27)36)16-7-5-2)10-8-9-20-17(3)26-29(24(20)32)18-11-13-19(14-12-18)37(33,34)35/h8-14,30H,4-7,15-16H2,1-3H3,(H,33,34,35). The van der Waals surface area contributed by atoms with Crippen LogP contribution in [0.5, 0.6) is 5.88 Å². The van der Waals surface area contributed by atoms with E-state index in [1.165, 1.54) is 47.1 Å². The van der Waals surface area contributed by atoms with Gasteiger partial charge in [-0.15, -0.1) is 0 Å². The molecule has 2 heterocycles. The van der Waals surface area contributed by atoms with Crippen LogP contribution in [0.3, 0.4) is 0 Å². The Morgan fingerprint density at radius 1 is 1.03 bits per heavy atom. The second kappa shape index (κ2) is 11.8. The number of anilines is 1. The third kappa shape index (κ3) is 6.14. The number of hydrazone groups is 1. The van der Waals surface area contributed by atoms with E-state index >= 15 is 0 Å². The summed E-state index contributed by atoms with van der Waals surface area (Å²) in [5, 5.41) is 16.2. The van der Waals surface area contributed by atoms with Gasteiger partial charge in [0.05, 0.1) is 21.9 Å². The van der Waals surface area contributed by atoms with Gasteiger partial charge in [-0.2, -0.15) is 18.5 Å². The number of nitrogens with zero attached hydrogens (tertiary/aromatic N) is 4. The van der Waals surface area contributed by atoms with Gasteiger partial charge >= 0.3 is 0 Å². The van der Waals surface area contributed by atoms with Crippen LogP contribution in [-0.2, 0) is 28.0 Å². The third-order valence-electron chi connectivity index (χ3n) is 5.87. The van der Waals surface area contributed by atoms with Gasteiger partial charge in [0, 0.05) is 13.1 Å². The van der Waals surface area contributed by atoms with Crippen molar-refractivity contribution in [3.8, 4) is 5.88 Å². The second-order valence-corrected chi connectivity index (χ2v) is 10.3. The van der Waals surface area contributed by atoms with Gasteiger partial charge in [-0.25, -0.2) is 0 Å². The first-order chi connectivity index (χ1) is 17.5. The van der Waals surface area contributed by atoms with Crippen LogP contribution in [0.4, 0.5) is 5.69 Å². The molecule has 0 bridgehead atoms. The fourth-order valence-electron chi connectivity index (χ4n) is 3.77. The van der Waals surface area contributed by atoms with E-state index in [1.807, 2.05) is 13.8 Å². The summed E-state index contributed by atoms with van der Waals surface area (Å²) in [6.45, 7) is 6.60. The van der Waals surface area contributed by atoms with Crippen molar-refractivity contribution in [1.29, 1.82) is 0 Å². The zero-order valence-corrected chi connectivity index (χ0v) is 22.5. The second-order valence-electron chi connectivity index (χ2n) is 8.55. The number of aromatic nitrogens is 2. The number of carbonyl (C=O) groups is 1. The minimum absolute atomic E-state index is 0.0790. The molecule has 0 radical (unpaired) electrons. The molecule has 0 spiro atoms. The fourth-order valence-corrected chi connectivity index (χ4v) is 4.60. The molecule has 198 valence electrons. The molecule has 2 N–H and O–H groups in total. The zero-order chi connectivity index (χ0) is 27.3. The van der Waals surface area contributed by atoms with E-state index in [-0.39, 0.29) is 26.7 Å². The van der Waals surface area contributed by atoms with Crippen LogP contribution in [0.25, 0.3) is 6.08 Å². The van der Waals surface area contributed by atoms with Crippen molar-refractivity contribution < 1.29 is 22.9 Å². The molecule has 0 saturated heterocycles. The van der Waals surface area contributed by atoms with Gasteiger partial charge in [0.15, 0.2) is 4.77 Å². The summed E-state index contributed by atoms with van der Waals surface area (Å²) in [5.41, 5.74) is 0.674. The fraction of sp³-hybridized carbons (Fsp3) is 0.360. The molecule has 0 saturated carbocycles. The van der Waals surface area contributed by atoms with Crippen LogP contribution in [0.2, 0.25) is 0 Å². The number of carbonyl (C=O) groups excluding carboxylic acids is 1. The first-order valence-electron chi connectivity index (χ1n) is 11.9. The summed E-state index contributed by atoms with van der Waals surface area (Å²) in [7, 11) is -4.36. The molecule has 12 heteroatoms. The molecule has 1 aliphatic rings. The summed E-state index contributed by atoms with van der Waals surface area (Å²) < 4.78 is 35.0. The van der Waals surface area contributed by atoms with Crippen LogP contribution in [-0.4, -0.2) is 38.8 Å². The minimum atomic E-state index is -4.36. The lowest BCUT2D eigenvalue weighted by molar-refractivity contribution is -0.114. The average Bonchev–Trinajstić information content (AvgIpc) is 3.14. The molecule has 0 unspecified atom stereocenters. The molecular formula is C25H30N4O6S2. The lowest BCUT2D eigenvalue weighted by Crippen LogP contribution is -2.27. The quantitative estimate of drug-likeness (QED) is 0.258. The number of unbranched alkanes of at least 4 members (excludes halogenated alkanes) is 2. The Balaban J connectivity index is 1.94. The molecule has 0 atom stereocenters. The maximum Gasteiger partial charge on any atom is 0.294 e. The van der Waals surface area contributed by atoms with Gasteiger partial charge < -0.3 is 5.11 Å². The topological polar surface area (TPSA) is 134 Å². The maximum absolute atomic E-state index is 13.1. The van der Waals surface area contributed by atoms with Gasteiger partial charge in [0.1, 0.15) is 5.56 Å². The van der Waals surface area contributed by atoms with Crippen molar-refractivity contribution in [3.05, 3.63) is 62.7 Å². The highest BCUT2D eigenvalue weighted by Crippen LogP contribution is 2.25. The normalized spacial score (nSPS) is 15.2. The first kappa shape index (κ1) is 28.2. The van der Waals surface area contributed by atoms with Gasteiger partial charge in [-0.05, 0) is 68.4 Å². The molecule has 1 aliphatic heterocycles. The van der Waals surface area contributed by atoms with E-state index in [4.69, 9.17) is 16.8 Å². The van der Waals surface area contributed by atoms with E-state index in [2.05, 4.69) is 5.10 Å². The van der Waals surface area contributed by atoms with Crippen LogP contribution in [0, 0.1) is 4.77 Å². The van der Waals surface area contributed by atoms with Crippen LogP contribution in [0.15, 0.2) is 56.8 Å². The van der Waals surface area contributed by atoms with Crippen molar-refractivity contribution in [2.24, 2.45) is 5.10 Å². The van der Waals surface area contributed by atoms with E-state index in [1.54, 1.807) is 11.5 Å². The monoisotopic (exact) mass is 546 g/mol. The molecule has 2 aromatic rings. The maximum atomic E-state index is 13.1. The van der Waals surface area contributed by atoms with Gasteiger partial charge in [-0.3, -0.25) is 23.3 Å². The third-order valence-corrected chi connectivity index (χ3v) is 7.18. The lowest BCUT2D eigenvalue weighted by atomic mass is 10.1. The summed E-state index contributed by atoms with van der Waals surface area (Å²) in [5.74, 6) is -0.667. The zero-order valence-electron chi connectivity index (χ0n) is 20.9. The molecule has 1 amide bonds. The lowest BCUT2D eigenvalue weighted by Gasteiger charge is -2.16. The number of hydrogen-bond donors (Lipinski definition) is 2. The summed E-state index contributed by atoms with van der Waals surface area (Å²) >= 11 is 5.49. The van der Waals surface area contributed by atoms with Gasteiger partial charge in [0.2, 0.25) is 5.88 Å². The van der Waals surface area contributed by atoms with E-state index < -0.39 is 21.6 Å². The largest absolute Gasteiger partial charge is 0.494 e. The van der Waals surface area contributed by atoms with Crippen molar-refractivity contribution in [2.45, 2.75) is 64.4 Å². The molecular weight excluding hydrogens is 516 g/mol. The average molecular weight is 547 g/mol. The van der Waals surface area contributed by atoms with Crippen LogP contribution < -0.4 is 10.6 Å². The number of benzene rings is 1. The van der Waals surface area contributed by atoms with Gasteiger partial charge in [-0.1, -0.05) is 32.8 Å². The highest BCUT2D eigenvalue weighted by molar-refractivity contribution is 7.85. The molecule has 3 rings (SSSR count). The first-order valence-corrected chi connectivity index (χ1v) is 13.8. The van der Waals surface area contributed by atoms with Crippen molar-refractivity contribution >= 4 is 45.7 Å². The Bertz CT molecular complexity index is 1500. The van der Waals surface area contributed by atoms with Gasteiger partial charge in [0.25, 0.3) is 21.6 Å². The Morgan fingerprint density at radius 2 is 1.62 bits per heavy atom. The summed E-state index contributed by atoms with van der Waals surface area (Å²) in [6, 6.07) is 5.07. The number of allylic oxidation sites excluding steroid dienone is 2. The SMILES string of the molecule is CCCCn1c(O)c(C=CC=C2C(=O)N(c3ccc(S(=O)(=O)O)cc3)N=C2C)c(=O)n(CCCC)c1=S. The van der Waals surface area contributed by atoms with Crippen molar-refractivity contribution in [1.82, 2.24) is 9.13 Å².